The lowest BCUT2D eigenvalue weighted by molar-refractivity contribution is 0.0663. The largest absolute Gasteiger partial charge is 0.309 e. The minimum atomic E-state index is 0.260. The van der Waals surface area contributed by atoms with Gasteiger partial charge >= 0.3 is 0 Å². The zero-order chi connectivity index (χ0) is 15.5. The van der Waals surface area contributed by atoms with Gasteiger partial charge in [0.1, 0.15) is 0 Å². The summed E-state index contributed by atoms with van der Waals surface area (Å²) in [5.74, 6) is 0.752. The molecule has 0 aromatic heterocycles. The highest BCUT2D eigenvalue weighted by molar-refractivity contribution is 5.25. The smallest absolute Gasteiger partial charge is 0.0278 e. The molecule has 0 amide bonds. The summed E-state index contributed by atoms with van der Waals surface area (Å²) < 4.78 is 0. The maximum atomic E-state index is 3.79. The van der Waals surface area contributed by atoms with Gasteiger partial charge in [-0.15, -0.1) is 0 Å². The van der Waals surface area contributed by atoms with Crippen LogP contribution in [0.3, 0.4) is 0 Å². The monoisotopic (exact) mass is 288 g/mol. The molecule has 0 radical (unpaired) electrons. The molecular formula is C19H32N2. The molecule has 21 heavy (non-hydrogen) atoms. The van der Waals surface area contributed by atoms with Crippen molar-refractivity contribution < 1.29 is 0 Å². The molecule has 2 rings (SSSR count). The van der Waals surface area contributed by atoms with E-state index in [2.05, 4.69) is 69.1 Å². The third-order valence-corrected chi connectivity index (χ3v) is 4.99. The predicted molar refractivity (Wildman–Crippen MR) is 91.5 cm³/mol. The number of benzene rings is 1. The number of nitrogens with one attached hydrogen (secondary N) is 1. The van der Waals surface area contributed by atoms with Gasteiger partial charge in [0.2, 0.25) is 0 Å². The van der Waals surface area contributed by atoms with Crippen molar-refractivity contribution in [2.24, 2.45) is 5.92 Å². The van der Waals surface area contributed by atoms with Crippen molar-refractivity contribution in [1.29, 1.82) is 0 Å². The number of nitrogens with zero attached hydrogens (tertiary/aromatic N) is 1. The first-order valence-electron chi connectivity index (χ1n) is 8.47. The topological polar surface area (TPSA) is 15.3 Å². The van der Waals surface area contributed by atoms with E-state index < -0.39 is 0 Å². The first-order chi connectivity index (χ1) is 9.93. The Kier molecular flexibility index (Phi) is 5.45. The molecule has 2 nitrogen and oxygen atoms in total. The lowest BCUT2D eigenvalue weighted by Crippen LogP contribution is -2.62. The molecule has 0 bridgehead atoms. The molecule has 2 heteroatoms. The second kappa shape index (κ2) is 6.93. The van der Waals surface area contributed by atoms with Crippen LogP contribution in [0, 0.1) is 12.8 Å². The molecule has 0 spiro atoms. The van der Waals surface area contributed by atoms with Gasteiger partial charge in [-0.05, 0) is 43.7 Å². The van der Waals surface area contributed by atoms with Crippen LogP contribution in [0.5, 0.6) is 0 Å². The quantitative estimate of drug-likeness (QED) is 0.881. The maximum absolute atomic E-state index is 3.79. The van der Waals surface area contributed by atoms with Crippen molar-refractivity contribution in [3.05, 3.63) is 35.4 Å². The van der Waals surface area contributed by atoms with E-state index in [1.165, 1.54) is 24.0 Å². The van der Waals surface area contributed by atoms with Crippen molar-refractivity contribution in [2.45, 2.75) is 65.6 Å². The van der Waals surface area contributed by atoms with E-state index in [1.807, 2.05) is 0 Å². The molecule has 0 saturated carbocycles. The van der Waals surface area contributed by atoms with Crippen molar-refractivity contribution >= 4 is 0 Å². The Labute approximate surface area is 130 Å². The molecule has 1 aliphatic heterocycles. The predicted octanol–water partition coefficient (Wildman–Crippen LogP) is 3.98. The second-order valence-corrected chi connectivity index (χ2v) is 7.41. The zero-order valence-electron chi connectivity index (χ0n) is 14.4. The summed E-state index contributed by atoms with van der Waals surface area (Å²) in [6.07, 6.45) is 2.46. The van der Waals surface area contributed by atoms with Gasteiger partial charge in [-0.25, -0.2) is 0 Å². The van der Waals surface area contributed by atoms with Crippen molar-refractivity contribution in [3.8, 4) is 0 Å². The van der Waals surface area contributed by atoms with E-state index in [0.717, 1.165) is 25.6 Å². The third-order valence-electron chi connectivity index (χ3n) is 4.99. The Morgan fingerprint density at radius 2 is 2.05 bits per heavy atom. The molecule has 1 N–H and O–H groups in total. The van der Waals surface area contributed by atoms with Gasteiger partial charge in [0.05, 0.1) is 0 Å². The van der Waals surface area contributed by atoms with E-state index in [-0.39, 0.29) is 5.54 Å². The van der Waals surface area contributed by atoms with Crippen LogP contribution in [0.15, 0.2) is 24.3 Å². The molecular weight excluding hydrogens is 256 g/mol. The van der Waals surface area contributed by atoms with Gasteiger partial charge in [0, 0.05) is 31.2 Å². The Balaban J connectivity index is 2.15. The Bertz CT molecular complexity index is 455. The maximum Gasteiger partial charge on any atom is 0.0278 e. The molecule has 1 aliphatic rings. The number of aryl methyl sites for hydroxylation is 1. The summed E-state index contributed by atoms with van der Waals surface area (Å²) in [6, 6.07) is 9.48. The molecule has 1 aromatic carbocycles. The van der Waals surface area contributed by atoms with Crippen molar-refractivity contribution in [3.63, 3.8) is 0 Å². The SMILES string of the molecule is CCC1(C)CN(Cc2ccccc2C)C(CC(C)C)CN1. The zero-order valence-corrected chi connectivity index (χ0v) is 14.4. The van der Waals surface area contributed by atoms with Crippen LogP contribution in [-0.2, 0) is 6.54 Å². The van der Waals surface area contributed by atoms with Gasteiger partial charge in [-0.3, -0.25) is 4.90 Å². The highest BCUT2D eigenvalue weighted by atomic mass is 15.2. The molecule has 1 heterocycles. The van der Waals surface area contributed by atoms with Gasteiger partial charge in [0.25, 0.3) is 0 Å². The summed E-state index contributed by atoms with van der Waals surface area (Å²) in [4.78, 5) is 2.71. The highest BCUT2D eigenvalue weighted by Crippen LogP contribution is 2.25. The van der Waals surface area contributed by atoms with E-state index >= 15 is 0 Å². The van der Waals surface area contributed by atoms with Crippen LogP contribution in [0.2, 0.25) is 0 Å². The normalized spacial score (nSPS) is 27.2. The summed E-state index contributed by atoms with van der Waals surface area (Å²) >= 11 is 0. The lowest BCUT2D eigenvalue weighted by Gasteiger charge is -2.47. The molecule has 1 fully saturated rings. The third kappa shape index (κ3) is 4.31. The molecule has 1 aromatic rings. The minimum absolute atomic E-state index is 0.260. The Hall–Kier alpha value is -0.860. The van der Waals surface area contributed by atoms with E-state index in [1.54, 1.807) is 0 Å². The van der Waals surface area contributed by atoms with Crippen molar-refractivity contribution in [2.75, 3.05) is 13.1 Å². The first kappa shape index (κ1) is 16.5. The highest BCUT2D eigenvalue weighted by Gasteiger charge is 2.34. The number of rotatable bonds is 5. The van der Waals surface area contributed by atoms with E-state index in [0.29, 0.717) is 6.04 Å². The van der Waals surface area contributed by atoms with E-state index in [9.17, 15) is 0 Å². The minimum Gasteiger partial charge on any atom is -0.309 e. The molecule has 118 valence electrons. The van der Waals surface area contributed by atoms with Crippen molar-refractivity contribution in [1.82, 2.24) is 10.2 Å². The van der Waals surface area contributed by atoms with Crippen LogP contribution in [0.25, 0.3) is 0 Å². The van der Waals surface area contributed by atoms with Crippen LogP contribution in [-0.4, -0.2) is 29.6 Å². The fourth-order valence-corrected chi connectivity index (χ4v) is 3.33. The van der Waals surface area contributed by atoms with Crippen LogP contribution in [0.4, 0.5) is 0 Å². The molecule has 0 aliphatic carbocycles. The van der Waals surface area contributed by atoms with Crippen LogP contribution in [0.1, 0.15) is 51.7 Å². The molecule has 2 unspecified atom stereocenters. The van der Waals surface area contributed by atoms with Crippen LogP contribution < -0.4 is 5.32 Å². The lowest BCUT2D eigenvalue weighted by atomic mass is 9.90. The second-order valence-electron chi connectivity index (χ2n) is 7.41. The van der Waals surface area contributed by atoms with Gasteiger partial charge in [-0.1, -0.05) is 45.0 Å². The summed E-state index contributed by atoms with van der Waals surface area (Å²) in [5.41, 5.74) is 3.15. The standard InChI is InChI=1S/C19H32N2/c1-6-19(5)14-21(18(12-20-19)11-15(2)3)13-17-10-8-7-9-16(17)4/h7-10,15,18,20H,6,11-14H2,1-5H3. The van der Waals surface area contributed by atoms with Gasteiger partial charge < -0.3 is 5.32 Å². The Morgan fingerprint density at radius 3 is 2.67 bits per heavy atom. The number of hydrogen-bond donors (Lipinski definition) is 1. The fourth-order valence-electron chi connectivity index (χ4n) is 3.33. The molecule has 1 saturated heterocycles. The van der Waals surface area contributed by atoms with E-state index in [4.69, 9.17) is 0 Å². The summed E-state index contributed by atoms with van der Waals surface area (Å²) in [7, 11) is 0. The summed E-state index contributed by atoms with van der Waals surface area (Å²) in [6.45, 7) is 14.9. The first-order valence-corrected chi connectivity index (χ1v) is 8.47. The summed E-state index contributed by atoms with van der Waals surface area (Å²) in [5, 5.41) is 3.79. The Morgan fingerprint density at radius 1 is 1.33 bits per heavy atom. The van der Waals surface area contributed by atoms with Gasteiger partial charge in [0.15, 0.2) is 0 Å². The number of piperazine rings is 1. The number of hydrogen-bond acceptors (Lipinski definition) is 2. The average molecular weight is 288 g/mol. The van der Waals surface area contributed by atoms with Gasteiger partial charge in [-0.2, -0.15) is 0 Å². The molecule has 2 atom stereocenters. The average Bonchev–Trinajstić information content (AvgIpc) is 2.44. The fraction of sp³-hybridized carbons (Fsp3) is 0.684. The van der Waals surface area contributed by atoms with Crippen LogP contribution >= 0.6 is 0 Å².